The number of carbonyl (C=O) groups excluding carboxylic acids is 1. The molecule has 0 radical (unpaired) electrons. The predicted molar refractivity (Wildman–Crippen MR) is 113 cm³/mol. The molecule has 0 aliphatic carbocycles. The van der Waals surface area contributed by atoms with Crippen molar-refractivity contribution in [3.8, 4) is 5.75 Å². The van der Waals surface area contributed by atoms with Crippen LogP contribution in [0.2, 0.25) is 0 Å². The number of rotatable bonds is 9. The Morgan fingerprint density at radius 3 is 2.57 bits per heavy atom. The quantitative estimate of drug-likeness (QED) is 0.463. The summed E-state index contributed by atoms with van der Waals surface area (Å²) < 4.78 is 11.7. The van der Waals surface area contributed by atoms with Crippen LogP contribution in [0.1, 0.15) is 17.9 Å². The van der Waals surface area contributed by atoms with Gasteiger partial charge in [0.1, 0.15) is 5.75 Å². The molecular weight excluding hydrogens is 442 g/mol. The molecule has 28 heavy (non-hydrogen) atoms. The van der Waals surface area contributed by atoms with Crippen molar-refractivity contribution in [2.45, 2.75) is 24.5 Å². The Morgan fingerprint density at radius 1 is 1.11 bits per heavy atom. The number of aromatic nitrogens is 2. The predicted octanol–water partition coefficient (Wildman–Crippen LogP) is 4.75. The van der Waals surface area contributed by atoms with Gasteiger partial charge in [-0.05, 0) is 54.8 Å². The van der Waals surface area contributed by atoms with Crippen LogP contribution in [0.15, 0.2) is 62.6 Å². The zero-order valence-electron chi connectivity index (χ0n) is 15.4. The van der Waals surface area contributed by atoms with E-state index in [9.17, 15) is 4.79 Å². The van der Waals surface area contributed by atoms with Crippen LogP contribution in [-0.4, -0.2) is 29.0 Å². The van der Waals surface area contributed by atoms with Gasteiger partial charge in [-0.2, -0.15) is 0 Å². The van der Waals surface area contributed by atoms with Crippen molar-refractivity contribution in [1.29, 1.82) is 0 Å². The fourth-order valence-corrected chi connectivity index (χ4v) is 3.34. The van der Waals surface area contributed by atoms with E-state index in [4.69, 9.17) is 9.15 Å². The third kappa shape index (κ3) is 6.38. The summed E-state index contributed by atoms with van der Waals surface area (Å²) in [5.74, 6) is 1.53. The number of halogens is 1. The number of aryl methyl sites for hydroxylation is 2. The highest BCUT2D eigenvalue weighted by Crippen LogP contribution is 2.19. The van der Waals surface area contributed by atoms with E-state index in [1.165, 1.54) is 17.3 Å². The Morgan fingerprint density at radius 2 is 1.86 bits per heavy atom. The molecule has 0 aliphatic rings. The smallest absolute Gasteiger partial charge is 0.277 e. The molecule has 1 heterocycles. The van der Waals surface area contributed by atoms with Gasteiger partial charge in [0.2, 0.25) is 11.8 Å². The molecule has 146 valence electrons. The van der Waals surface area contributed by atoms with Crippen LogP contribution in [0.3, 0.4) is 0 Å². The van der Waals surface area contributed by atoms with Crippen molar-refractivity contribution in [2.75, 3.05) is 18.2 Å². The number of ether oxygens (including phenoxy) is 1. The molecule has 2 aromatic carbocycles. The summed E-state index contributed by atoms with van der Waals surface area (Å²) in [5, 5.41) is 11.3. The molecule has 0 saturated carbocycles. The number of benzene rings is 2. The van der Waals surface area contributed by atoms with Crippen molar-refractivity contribution < 1.29 is 13.9 Å². The van der Waals surface area contributed by atoms with Gasteiger partial charge in [0.05, 0.1) is 12.9 Å². The van der Waals surface area contributed by atoms with Gasteiger partial charge in [0.15, 0.2) is 0 Å². The molecule has 0 aliphatic heterocycles. The zero-order valence-corrected chi connectivity index (χ0v) is 17.8. The molecule has 1 N–H and O–H groups in total. The second kappa shape index (κ2) is 10.3. The maximum atomic E-state index is 12.0. The molecule has 0 bridgehead atoms. The number of nitrogens with one attached hydrogen (secondary N) is 1. The first-order chi connectivity index (χ1) is 13.6. The molecule has 0 unspecified atom stereocenters. The van der Waals surface area contributed by atoms with Crippen LogP contribution in [0.5, 0.6) is 5.75 Å². The normalized spacial score (nSPS) is 10.6. The lowest BCUT2D eigenvalue weighted by molar-refractivity contribution is -0.113. The Bertz CT molecular complexity index is 898. The Hall–Kier alpha value is -2.32. The topological polar surface area (TPSA) is 77.2 Å². The number of methoxy groups -OCH3 is 1. The highest BCUT2D eigenvalue weighted by molar-refractivity contribution is 9.10. The molecule has 0 saturated heterocycles. The lowest BCUT2D eigenvalue weighted by Crippen LogP contribution is -2.13. The molecule has 1 amide bonds. The molecule has 0 atom stereocenters. The molecular formula is C20H20BrN3O3S. The molecule has 1 aromatic heterocycles. The highest BCUT2D eigenvalue weighted by Gasteiger charge is 2.10. The van der Waals surface area contributed by atoms with Crippen molar-refractivity contribution >= 4 is 39.3 Å². The van der Waals surface area contributed by atoms with Gasteiger partial charge in [-0.3, -0.25) is 4.79 Å². The fourth-order valence-electron chi connectivity index (χ4n) is 2.49. The first-order valence-corrected chi connectivity index (χ1v) is 10.5. The SMILES string of the molecule is COc1ccc(CCCc2nnc(SCC(=O)Nc3ccc(Br)cc3)o2)cc1. The van der Waals surface area contributed by atoms with E-state index in [0.717, 1.165) is 28.8 Å². The van der Waals surface area contributed by atoms with Gasteiger partial charge in [0.25, 0.3) is 5.22 Å². The van der Waals surface area contributed by atoms with E-state index in [0.29, 0.717) is 17.5 Å². The van der Waals surface area contributed by atoms with Crippen molar-refractivity contribution in [3.63, 3.8) is 0 Å². The summed E-state index contributed by atoms with van der Waals surface area (Å²) in [6.07, 6.45) is 2.53. The fraction of sp³-hybridized carbons (Fsp3) is 0.250. The van der Waals surface area contributed by atoms with Crippen molar-refractivity contribution in [3.05, 3.63) is 64.5 Å². The minimum Gasteiger partial charge on any atom is -0.497 e. The molecule has 0 fully saturated rings. The van der Waals surface area contributed by atoms with E-state index in [1.54, 1.807) is 7.11 Å². The van der Waals surface area contributed by atoms with Gasteiger partial charge >= 0.3 is 0 Å². The van der Waals surface area contributed by atoms with E-state index < -0.39 is 0 Å². The largest absolute Gasteiger partial charge is 0.497 e. The zero-order chi connectivity index (χ0) is 19.8. The van der Waals surface area contributed by atoms with Crippen LogP contribution in [0.25, 0.3) is 0 Å². The standard InChI is InChI=1S/C20H20BrN3O3S/c1-26-17-11-5-14(6-12-17)3-2-4-19-23-24-20(27-19)28-13-18(25)22-16-9-7-15(21)8-10-16/h5-12H,2-4,13H2,1H3,(H,22,25). The first-order valence-electron chi connectivity index (χ1n) is 8.76. The van der Waals surface area contributed by atoms with Crippen LogP contribution in [0.4, 0.5) is 5.69 Å². The number of thioether (sulfide) groups is 1. The van der Waals surface area contributed by atoms with Gasteiger partial charge in [0, 0.05) is 16.6 Å². The molecule has 8 heteroatoms. The van der Waals surface area contributed by atoms with Gasteiger partial charge in [-0.15, -0.1) is 10.2 Å². The third-order valence-corrected chi connectivity index (χ3v) is 5.27. The first kappa shape index (κ1) is 20.4. The summed E-state index contributed by atoms with van der Waals surface area (Å²) in [6, 6.07) is 15.4. The molecule has 3 rings (SSSR count). The van der Waals surface area contributed by atoms with Crippen molar-refractivity contribution in [2.24, 2.45) is 0 Å². The lowest BCUT2D eigenvalue weighted by Gasteiger charge is -2.03. The average Bonchev–Trinajstić information content (AvgIpc) is 3.16. The van der Waals surface area contributed by atoms with Crippen LogP contribution < -0.4 is 10.1 Å². The highest BCUT2D eigenvalue weighted by atomic mass is 79.9. The van der Waals surface area contributed by atoms with Gasteiger partial charge < -0.3 is 14.5 Å². The second-order valence-electron chi connectivity index (χ2n) is 6.01. The Labute approximate surface area is 176 Å². The number of hydrogen-bond acceptors (Lipinski definition) is 6. The Kier molecular flexibility index (Phi) is 7.50. The van der Waals surface area contributed by atoms with E-state index >= 15 is 0 Å². The minimum atomic E-state index is -0.119. The molecule has 6 nitrogen and oxygen atoms in total. The maximum absolute atomic E-state index is 12.0. The third-order valence-electron chi connectivity index (χ3n) is 3.92. The van der Waals surface area contributed by atoms with Gasteiger partial charge in [-0.25, -0.2) is 0 Å². The maximum Gasteiger partial charge on any atom is 0.277 e. The van der Waals surface area contributed by atoms with Gasteiger partial charge in [-0.1, -0.05) is 39.8 Å². The summed E-state index contributed by atoms with van der Waals surface area (Å²) in [6.45, 7) is 0. The van der Waals surface area contributed by atoms with Crippen LogP contribution >= 0.6 is 27.7 Å². The van der Waals surface area contributed by atoms with Crippen molar-refractivity contribution in [1.82, 2.24) is 10.2 Å². The number of carbonyl (C=O) groups is 1. The number of amides is 1. The number of nitrogens with zero attached hydrogens (tertiary/aromatic N) is 2. The monoisotopic (exact) mass is 461 g/mol. The average molecular weight is 462 g/mol. The minimum absolute atomic E-state index is 0.119. The van der Waals surface area contributed by atoms with E-state index in [2.05, 4.69) is 43.6 Å². The van der Waals surface area contributed by atoms with E-state index in [-0.39, 0.29) is 11.7 Å². The summed E-state index contributed by atoms with van der Waals surface area (Å²) in [4.78, 5) is 12.0. The van der Waals surface area contributed by atoms with Crippen LogP contribution in [-0.2, 0) is 17.6 Å². The summed E-state index contributed by atoms with van der Waals surface area (Å²) in [7, 11) is 1.66. The van der Waals surface area contributed by atoms with E-state index in [1.807, 2.05) is 36.4 Å². The number of anilines is 1. The molecule has 0 spiro atoms. The second-order valence-corrected chi connectivity index (χ2v) is 7.85. The molecule has 3 aromatic rings. The lowest BCUT2D eigenvalue weighted by atomic mass is 10.1. The van der Waals surface area contributed by atoms with Crippen LogP contribution in [0, 0.1) is 0 Å². The number of hydrogen-bond donors (Lipinski definition) is 1. The summed E-state index contributed by atoms with van der Waals surface area (Å²) >= 11 is 4.59. The summed E-state index contributed by atoms with van der Waals surface area (Å²) in [5.41, 5.74) is 1.98. The Balaban J connectivity index is 1.39.